The number of halogens is 2. The average Bonchev–Trinajstić information content (AvgIpc) is 2.23. The molecule has 0 radical (unpaired) electrons. The zero-order valence-electron chi connectivity index (χ0n) is 8.72. The molecular formula is C13H12F2. The summed E-state index contributed by atoms with van der Waals surface area (Å²) in [5, 5.41) is 1.16. The number of hydrogen-bond donors (Lipinski definition) is 0. The minimum Gasteiger partial charge on any atom is -0.204 e. The molecule has 2 aromatic rings. The van der Waals surface area contributed by atoms with Gasteiger partial charge < -0.3 is 0 Å². The van der Waals surface area contributed by atoms with Crippen LogP contribution >= 0.6 is 0 Å². The monoisotopic (exact) mass is 206 g/mol. The number of hydrogen-bond acceptors (Lipinski definition) is 0. The molecule has 0 N–H and O–H groups in total. The van der Waals surface area contributed by atoms with E-state index in [1.807, 2.05) is 26.0 Å². The van der Waals surface area contributed by atoms with Gasteiger partial charge in [-0.05, 0) is 22.9 Å². The van der Waals surface area contributed by atoms with Gasteiger partial charge in [-0.3, -0.25) is 0 Å². The average molecular weight is 206 g/mol. The standard InChI is InChI=1S/C13H12F2/c1-8(2)10-5-3-4-9-6-7-11(14)13(15)12(9)10/h3-8H,1-2H3. The maximum absolute atomic E-state index is 13.6. The van der Waals surface area contributed by atoms with Crippen LogP contribution in [0, 0.1) is 11.6 Å². The lowest BCUT2D eigenvalue weighted by atomic mass is 9.96. The fourth-order valence-corrected chi connectivity index (χ4v) is 1.82. The smallest absolute Gasteiger partial charge is 0.166 e. The van der Waals surface area contributed by atoms with Gasteiger partial charge in [0, 0.05) is 5.39 Å². The molecule has 0 nitrogen and oxygen atoms in total. The van der Waals surface area contributed by atoms with Gasteiger partial charge in [-0.15, -0.1) is 0 Å². The van der Waals surface area contributed by atoms with Crippen molar-refractivity contribution in [2.75, 3.05) is 0 Å². The lowest BCUT2D eigenvalue weighted by molar-refractivity contribution is 0.516. The Labute approximate surface area is 87.5 Å². The van der Waals surface area contributed by atoms with E-state index in [0.29, 0.717) is 5.39 Å². The van der Waals surface area contributed by atoms with Crippen LogP contribution in [0.25, 0.3) is 10.8 Å². The largest absolute Gasteiger partial charge is 0.204 e. The molecule has 2 heteroatoms. The summed E-state index contributed by atoms with van der Waals surface area (Å²) in [4.78, 5) is 0. The van der Waals surface area contributed by atoms with Crippen molar-refractivity contribution in [2.45, 2.75) is 19.8 Å². The SMILES string of the molecule is CC(C)c1cccc2ccc(F)c(F)c12. The first-order valence-corrected chi connectivity index (χ1v) is 4.98. The molecular weight excluding hydrogens is 194 g/mol. The zero-order valence-corrected chi connectivity index (χ0v) is 8.72. The summed E-state index contributed by atoms with van der Waals surface area (Å²) >= 11 is 0. The predicted molar refractivity (Wildman–Crippen MR) is 58.0 cm³/mol. The van der Waals surface area contributed by atoms with E-state index < -0.39 is 11.6 Å². The molecule has 0 fully saturated rings. The zero-order chi connectivity index (χ0) is 11.0. The molecule has 0 aliphatic heterocycles. The van der Waals surface area contributed by atoms with Gasteiger partial charge in [0.05, 0.1) is 0 Å². The summed E-state index contributed by atoms with van der Waals surface area (Å²) in [5.41, 5.74) is 0.851. The maximum Gasteiger partial charge on any atom is 0.166 e. The predicted octanol–water partition coefficient (Wildman–Crippen LogP) is 4.24. The lowest BCUT2D eigenvalue weighted by Crippen LogP contribution is -1.94. The molecule has 15 heavy (non-hydrogen) atoms. The van der Waals surface area contributed by atoms with Crippen LogP contribution in [0.3, 0.4) is 0 Å². The van der Waals surface area contributed by atoms with Gasteiger partial charge in [-0.2, -0.15) is 0 Å². The first-order valence-electron chi connectivity index (χ1n) is 4.98. The molecule has 0 saturated heterocycles. The highest BCUT2D eigenvalue weighted by Gasteiger charge is 2.12. The highest BCUT2D eigenvalue weighted by molar-refractivity contribution is 5.86. The van der Waals surface area contributed by atoms with Crippen molar-refractivity contribution >= 4 is 10.8 Å². The molecule has 0 aliphatic carbocycles. The van der Waals surface area contributed by atoms with Crippen LogP contribution in [-0.4, -0.2) is 0 Å². The minimum absolute atomic E-state index is 0.185. The van der Waals surface area contributed by atoms with Crippen LogP contribution in [-0.2, 0) is 0 Å². The summed E-state index contributed by atoms with van der Waals surface area (Å²) in [6, 6.07) is 8.29. The van der Waals surface area contributed by atoms with E-state index in [2.05, 4.69) is 0 Å². The van der Waals surface area contributed by atoms with Crippen molar-refractivity contribution in [3.05, 3.63) is 47.5 Å². The lowest BCUT2D eigenvalue weighted by Gasteiger charge is -2.10. The number of benzene rings is 2. The highest BCUT2D eigenvalue weighted by Crippen LogP contribution is 2.28. The topological polar surface area (TPSA) is 0 Å². The van der Waals surface area contributed by atoms with Gasteiger partial charge in [0.2, 0.25) is 0 Å². The van der Waals surface area contributed by atoms with Gasteiger partial charge in [0.15, 0.2) is 11.6 Å². The third kappa shape index (κ3) is 1.60. The number of fused-ring (bicyclic) bond motifs is 1. The Morgan fingerprint density at radius 3 is 2.40 bits per heavy atom. The first-order chi connectivity index (χ1) is 7.11. The summed E-state index contributed by atoms with van der Waals surface area (Å²) < 4.78 is 26.8. The Balaban J connectivity index is 2.88. The van der Waals surface area contributed by atoms with Crippen molar-refractivity contribution in [2.24, 2.45) is 0 Å². The molecule has 0 atom stereocenters. The molecule has 78 valence electrons. The fourth-order valence-electron chi connectivity index (χ4n) is 1.82. The van der Waals surface area contributed by atoms with E-state index in [9.17, 15) is 8.78 Å². The summed E-state index contributed by atoms with van der Waals surface area (Å²) in [5.74, 6) is -1.34. The summed E-state index contributed by atoms with van der Waals surface area (Å²) in [6.07, 6.45) is 0. The second-order valence-electron chi connectivity index (χ2n) is 3.96. The third-order valence-electron chi connectivity index (χ3n) is 2.59. The molecule has 0 bridgehead atoms. The van der Waals surface area contributed by atoms with Crippen LogP contribution < -0.4 is 0 Å². The molecule has 0 amide bonds. The van der Waals surface area contributed by atoms with Gasteiger partial charge in [-0.1, -0.05) is 38.1 Å². The van der Waals surface area contributed by atoms with Crippen LogP contribution in [0.15, 0.2) is 30.3 Å². The maximum atomic E-state index is 13.6. The van der Waals surface area contributed by atoms with E-state index in [1.54, 1.807) is 12.1 Å². The normalized spacial score (nSPS) is 11.3. The second kappa shape index (κ2) is 3.61. The quantitative estimate of drug-likeness (QED) is 0.654. The molecule has 0 saturated carbocycles. The Morgan fingerprint density at radius 1 is 1.00 bits per heavy atom. The molecule has 0 heterocycles. The van der Waals surface area contributed by atoms with Gasteiger partial charge in [0.1, 0.15) is 0 Å². The summed E-state index contributed by atoms with van der Waals surface area (Å²) in [7, 11) is 0. The Kier molecular flexibility index (Phi) is 2.43. The van der Waals surface area contributed by atoms with Crippen molar-refractivity contribution < 1.29 is 8.78 Å². The van der Waals surface area contributed by atoms with Crippen molar-refractivity contribution in [1.29, 1.82) is 0 Å². The van der Waals surface area contributed by atoms with E-state index in [1.165, 1.54) is 6.07 Å². The van der Waals surface area contributed by atoms with Crippen LogP contribution in [0.1, 0.15) is 25.3 Å². The molecule has 2 aromatic carbocycles. The Morgan fingerprint density at radius 2 is 1.73 bits per heavy atom. The van der Waals surface area contributed by atoms with Crippen LogP contribution in [0.5, 0.6) is 0 Å². The van der Waals surface area contributed by atoms with E-state index in [4.69, 9.17) is 0 Å². The third-order valence-corrected chi connectivity index (χ3v) is 2.59. The van der Waals surface area contributed by atoms with Gasteiger partial charge in [0.25, 0.3) is 0 Å². The van der Waals surface area contributed by atoms with Gasteiger partial charge in [-0.25, -0.2) is 8.78 Å². The molecule has 0 spiro atoms. The van der Waals surface area contributed by atoms with Crippen molar-refractivity contribution in [1.82, 2.24) is 0 Å². The second-order valence-corrected chi connectivity index (χ2v) is 3.96. The minimum atomic E-state index is -0.782. The summed E-state index contributed by atoms with van der Waals surface area (Å²) in [6.45, 7) is 3.94. The fraction of sp³-hybridized carbons (Fsp3) is 0.231. The highest BCUT2D eigenvalue weighted by atomic mass is 19.2. The van der Waals surface area contributed by atoms with E-state index in [0.717, 1.165) is 10.9 Å². The van der Waals surface area contributed by atoms with E-state index in [-0.39, 0.29) is 5.92 Å². The molecule has 0 aliphatic rings. The van der Waals surface area contributed by atoms with E-state index >= 15 is 0 Å². The molecule has 0 aromatic heterocycles. The number of rotatable bonds is 1. The van der Waals surface area contributed by atoms with Crippen LogP contribution in [0.2, 0.25) is 0 Å². The Hall–Kier alpha value is -1.44. The van der Waals surface area contributed by atoms with Crippen LogP contribution in [0.4, 0.5) is 8.78 Å². The van der Waals surface area contributed by atoms with Gasteiger partial charge >= 0.3 is 0 Å². The Bertz CT molecular complexity index is 501. The van der Waals surface area contributed by atoms with Crippen molar-refractivity contribution in [3.8, 4) is 0 Å². The molecule has 2 rings (SSSR count). The van der Waals surface area contributed by atoms with Crippen molar-refractivity contribution in [3.63, 3.8) is 0 Å². The molecule has 0 unspecified atom stereocenters. The first kappa shape index (κ1) is 10.1.